The number of nitriles is 1. The highest BCUT2D eigenvalue weighted by Crippen LogP contribution is 2.44. The minimum atomic E-state index is -5.07. The fourth-order valence-corrected chi connectivity index (χ4v) is 12.1. The summed E-state index contributed by atoms with van der Waals surface area (Å²) >= 11 is 1.12. The Morgan fingerprint density at radius 2 is 1.38 bits per heavy atom. The molecule has 72 heavy (non-hydrogen) atoms. The number of hydrogen-bond donors (Lipinski definition) is 3. The Morgan fingerprint density at radius 1 is 0.764 bits per heavy atom. The fraction of sp³-hybridized carbons (Fsp3) is 0.200. The first kappa shape index (κ1) is 50.6. The molecule has 6 aromatic carbocycles. The first-order chi connectivity index (χ1) is 34.8. The van der Waals surface area contributed by atoms with Gasteiger partial charge in [-0.15, -0.1) is 21.5 Å². The monoisotopic (exact) mass is 1030 g/mol. The van der Waals surface area contributed by atoms with Crippen molar-refractivity contribution in [2.75, 3.05) is 34.5 Å². The summed E-state index contributed by atoms with van der Waals surface area (Å²) in [5.74, 6) is 1.39. The van der Waals surface area contributed by atoms with Crippen molar-refractivity contribution in [3.63, 3.8) is 0 Å². The zero-order valence-electron chi connectivity index (χ0n) is 39.0. The highest BCUT2D eigenvalue weighted by atomic mass is 32.2. The van der Waals surface area contributed by atoms with Gasteiger partial charge in [-0.05, 0) is 81.6 Å². The molecule has 2 heterocycles. The molecular formula is C50H47N9O10S3. The zero-order valence-corrected chi connectivity index (χ0v) is 41.4. The van der Waals surface area contributed by atoms with E-state index in [9.17, 15) is 15.2 Å². The van der Waals surface area contributed by atoms with Gasteiger partial charge in [0, 0.05) is 25.2 Å². The number of aliphatic hydroxyl groups is 1. The van der Waals surface area contributed by atoms with Crippen LogP contribution in [-0.4, -0.2) is 98.1 Å². The van der Waals surface area contributed by atoms with Gasteiger partial charge in [0.15, 0.2) is 5.01 Å². The normalized spacial score (nSPS) is 12.1. The van der Waals surface area contributed by atoms with Crippen molar-refractivity contribution in [1.29, 1.82) is 5.26 Å². The predicted molar refractivity (Wildman–Crippen MR) is 267 cm³/mol. The number of fused-ring (bicyclic) bond motifs is 1. The molecule has 0 bridgehead atoms. The Bertz CT molecular complexity index is 3390. The maximum Gasteiger partial charge on any atom is 0.407 e. The summed E-state index contributed by atoms with van der Waals surface area (Å²) < 4.78 is 88.0. The van der Waals surface area contributed by atoms with Gasteiger partial charge in [-0.25, -0.2) is 31.3 Å². The molecule has 1 amide bonds. The molecule has 22 heteroatoms. The lowest BCUT2D eigenvalue weighted by Crippen LogP contribution is -2.46. The molecule has 0 unspecified atom stereocenters. The van der Waals surface area contributed by atoms with Crippen LogP contribution in [0.15, 0.2) is 143 Å². The number of hydrogen-bond acceptors (Lipinski definition) is 16. The van der Waals surface area contributed by atoms with E-state index in [0.717, 1.165) is 27.3 Å². The maximum atomic E-state index is 16.2. The number of tetrazole rings is 1. The number of para-hydroxylation sites is 1. The highest BCUT2D eigenvalue weighted by Gasteiger charge is 2.39. The molecule has 0 aliphatic rings. The number of nitrogens with one attached hydrogen (secondary N) is 2. The number of ether oxygens (including phenoxy) is 4. The van der Waals surface area contributed by atoms with Gasteiger partial charge in [0.1, 0.15) is 39.7 Å². The van der Waals surface area contributed by atoms with E-state index in [0.29, 0.717) is 49.7 Å². The topological polar surface area (TPSA) is 250 Å². The van der Waals surface area contributed by atoms with Crippen molar-refractivity contribution in [2.24, 2.45) is 0 Å². The summed E-state index contributed by atoms with van der Waals surface area (Å²) in [4.78, 5) is 17.1. The number of methoxy groups -OCH3 is 3. The van der Waals surface area contributed by atoms with Crippen molar-refractivity contribution in [1.82, 2.24) is 39.5 Å². The van der Waals surface area contributed by atoms with E-state index < -0.39 is 55.1 Å². The number of thiazole rings is 1. The van der Waals surface area contributed by atoms with Crippen LogP contribution in [0.3, 0.4) is 0 Å². The average Bonchev–Trinajstić information content (AvgIpc) is 4.07. The van der Waals surface area contributed by atoms with Crippen LogP contribution in [-0.2, 0) is 51.0 Å². The summed E-state index contributed by atoms with van der Waals surface area (Å²) in [6.45, 7) is -1.82. The van der Waals surface area contributed by atoms with Crippen molar-refractivity contribution in [3.05, 3.63) is 161 Å². The smallest absolute Gasteiger partial charge is 0.407 e. The van der Waals surface area contributed by atoms with Crippen molar-refractivity contribution in [2.45, 2.75) is 42.1 Å². The molecule has 370 valence electrons. The summed E-state index contributed by atoms with van der Waals surface area (Å²) in [6, 6.07) is 37.8. The van der Waals surface area contributed by atoms with Gasteiger partial charge in [-0.3, -0.25) is 0 Å². The highest BCUT2D eigenvalue weighted by molar-refractivity contribution is 7.92. The molecule has 8 rings (SSSR count). The summed E-state index contributed by atoms with van der Waals surface area (Å²) in [6.07, 6.45) is -0.890. The average molecular weight is 1030 g/mol. The van der Waals surface area contributed by atoms with E-state index in [2.05, 4.69) is 31.4 Å². The van der Waals surface area contributed by atoms with E-state index in [1.165, 1.54) is 25.1 Å². The van der Waals surface area contributed by atoms with Crippen molar-refractivity contribution in [3.8, 4) is 45.8 Å². The predicted octanol–water partition coefficient (Wildman–Crippen LogP) is 6.52. The van der Waals surface area contributed by atoms with Gasteiger partial charge < -0.3 is 29.4 Å². The first-order valence-corrected chi connectivity index (χ1v) is 25.8. The van der Waals surface area contributed by atoms with Crippen molar-refractivity contribution < 1.29 is 45.7 Å². The number of rotatable bonds is 21. The Hall–Kier alpha value is -7.78. The number of alkyl carbamates (subject to hydrolysis) is 1. The molecule has 3 N–H and O–H groups in total. The molecule has 0 aliphatic carbocycles. The molecule has 8 aromatic rings. The van der Waals surface area contributed by atoms with Crippen LogP contribution in [0.1, 0.15) is 27.3 Å². The van der Waals surface area contributed by atoms with E-state index in [4.69, 9.17) is 24.0 Å². The van der Waals surface area contributed by atoms with Crippen molar-refractivity contribution >= 4 is 47.7 Å². The molecule has 0 radical (unpaired) electrons. The second kappa shape index (κ2) is 22.5. The summed E-state index contributed by atoms with van der Waals surface area (Å²) in [5.41, 5.74) is 3.06. The Balaban J connectivity index is 1.32. The van der Waals surface area contributed by atoms with Crippen LogP contribution in [0.5, 0.6) is 17.2 Å². The third kappa shape index (κ3) is 11.7. The zero-order chi connectivity index (χ0) is 50.8. The number of aliphatic hydroxyl groups excluding tert-OH is 1. The molecule has 0 fully saturated rings. The number of aromatic nitrogens is 5. The second-order valence-corrected chi connectivity index (χ2v) is 20.6. The van der Waals surface area contributed by atoms with E-state index >= 15 is 16.8 Å². The molecule has 0 aliphatic heterocycles. The first-order valence-electron chi connectivity index (χ1n) is 22.0. The maximum absolute atomic E-state index is 16.2. The molecule has 0 spiro atoms. The number of sulfonamides is 2. The Morgan fingerprint density at radius 3 is 1.96 bits per heavy atom. The number of amides is 1. The molecule has 1 atom stereocenters. The molecule has 0 saturated heterocycles. The van der Waals surface area contributed by atoms with E-state index in [-0.39, 0.29) is 48.2 Å². The number of carbonyl (C=O) groups excluding carboxylic acids is 1. The summed E-state index contributed by atoms with van der Waals surface area (Å²) in [5, 5.41) is 36.5. The van der Waals surface area contributed by atoms with Gasteiger partial charge in [-0.2, -0.15) is 14.4 Å². The van der Waals surface area contributed by atoms with Gasteiger partial charge in [0.05, 0.1) is 56.3 Å². The Kier molecular flexibility index (Phi) is 15.8. The van der Waals surface area contributed by atoms with Gasteiger partial charge >= 0.3 is 6.09 Å². The quantitative estimate of drug-likeness (QED) is 0.0693. The number of nitrogens with zero attached hydrogens (tertiary/aromatic N) is 7. The number of carbonyl (C=O) groups is 1. The Labute approximate surface area is 419 Å². The van der Waals surface area contributed by atoms with E-state index in [1.54, 1.807) is 122 Å². The van der Waals surface area contributed by atoms with E-state index in [1.807, 2.05) is 6.07 Å². The van der Waals surface area contributed by atoms with Gasteiger partial charge in [0.2, 0.25) is 25.9 Å². The molecule has 0 saturated carbocycles. The standard InChI is InChI=1S/C50H47N9O10S3/c1-66-38-18-12-33(13-19-38)28-58(29-34-14-20-39(67-2)21-15-34)72(64,65)48-44(71(62,63)56-37(31-60)27-52-50(61)69-32-36-8-5-4-6-9-36)25-24-41(42-10-7-11-43-47(42)53-45(26-51)70-43)46(48)49-54-57-59(55-49)30-35-16-22-40(68-3)23-17-35/h4-25,37,56,60H,27-32H2,1-3H3,(H,52,61)/t37-/m0/s1. The lowest BCUT2D eigenvalue weighted by molar-refractivity contribution is 0.137. The minimum absolute atomic E-state index is 0.0706. The number of benzene rings is 6. The lowest BCUT2D eigenvalue weighted by atomic mass is 9.98. The third-order valence-corrected chi connectivity index (χ3v) is 15.8. The van der Waals surface area contributed by atoms with Crippen LogP contribution in [0.25, 0.3) is 32.7 Å². The lowest BCUT2D eigenvalue weighted by Gasteiger charge is -2.27. The van der Waals surface area contributed by atoms with Crippen LogP contribution in [0, 0.1) is 11.3 Å². The van der Waals surface area contributed by atoms with Crippen LogP contribution < -0.4 is 24.2 Å². The third-order valence-electron chi connectivity index (χ3n) is 11.3. The fourth-order valence-electron chi connectivity index (χ4n) is 7.63. The minimum Gasteiger partial charge on any atom is -0.497 e. The van der Waals surface area contributed by atoms with Gasteiger partial charge in [-0.1, -0.05) is 84.9 Å². The van der Waals surface area contributed by atoms with Crippen LogP contribution >= 0.6 is 11.3 Å². The largest absolute Gasteiger partial charge is 0.497 e. The summed E-state index contributed by atoms with van der Waals surface area (Å²) in [7, 11) is -5.51. The van der Waals surface area contributed by atoms with Crippen LogP contribution in [0.2, 0.25) is 0 Å². The molecule has 19 nitrogen and oxygen atoms in total. The van der Waals surface area contributed by atoms with Gasteiger partial charge in [0.25, 0.3) is 0 Å². The molecular weight excluding hydrogens is 983 g/mol. The SMILES string of the molecule is COc1ccc(CN(Cc2ccc(OC)cc2)S(=O)(=O)c2c(S(=O)(=O)N[C@H](CO)CNC(=O)OCc3ccccc3)ccc(-c3cccc4sc(C#N)nc34)c2-c2nnn(Cc3ccc(OC)cc3)n2)cc1. The molecule has 2 aromatic heterocycles. The van der Waals surface area contributed by atoms with Crippen LogP contribution in [0.4, 0.5) is 4.79 Å². The second-order valence-electron chi connectivity index (χ2n) is 16.0.